The monoisotopic (exact) mass is 380 g/mol. The third-order valence-electron chi connectivity index (χ3n) is 5.81. The summed E-state index contributed by atoms with van der Waals surface area (Å²) in [4.78, 5) is 16.4. The van der Waals surface area contributed by atoms with Gasteiger partial charge in [-0.1, -0.05) is 42.5 Å². The van der Waals surface area contributed by atoms with Crippen molar-refractivity contribution in [2.45, 2.75) is 25.4 Å². The van der Waals surface area contributed by atoms with Gasteiger partial charge in [0.1, 0.15) is 0 Å². The first-order valence-corrected chi connectivity index (χ1v) is 10.1. The molecule has 2 aliphatic rings. The number of nitrogens with zero attached hydrogens (tertiary/aromatic N) is 2. The standard InChI is InChI=1S/C23H28N2O3/c26-23(27)22-7-2-1-6-21(22)20-8-9-25(17-20)16-19-5-3-4-18(14-19)15-24-10-12-28-13-11-24/h1-7,14,20H,8-13,15-17H2,(H,26,27). The Kier molecular flexibility index (Phi) is 6.05. The zero-order valence-corrected chi connectivity index (χ0v) is 16.2. The highest BCUT2D eigenvalue weighted by molar-refractivity contribution is 5.89. The van der Waals surface area contributed by atoms with Crippen LogP contribution in [0.3, 0.4) is 0 Å². The fourth-order valence-corrected chi connectivity index (χ4v) is 4.38. The van der Waals surface area contributed by atoms with Crippen LogP contribution in [-0.4, -0.2) is 60.3 Å². The number of rotatable bonds is 6. The van der Waals surface area contributed by atoms with Crippen LogP contribution in [0.15, 0.2) is 48.5 Å². The molecular formula is C23H28N2O3. The van der Waals surface area contributed by atoms with E-state index in [1.807, 2.05) is 12.1 Å². The predicted molar refractivity (Wildman–Crippen MR) is 109 cm³/mol. The molecule has 2 saturated heterocycles. The summed E-state index contributed by atoms with van der Waals surface area (Å²) in [5.41, 5.74) is 4.10. The Morgan fingerprint density at radius 2 is 1.68 bits per heavy atom. The number of hydrogen-bond donors (Lipinski definition) is 1. The summed E-state index contributed by atoms with van der Waals surface area (Å²) in [5, 5.41) is 9.47. The van der Waals surface area contributed by atoms with E-state index in [9.17, 15) is 9.90 Å². The van der Waals surface area contributed by atoms with E-state index in [0.29, 0.717) is 11.5 Å². The van der Waals surface area contributed by atoms with Crippen molar-refractivity contribution < 1.29 is 14.6 Å². The summed E-state index contributed by atoms with van der Waals surface area (Å²) in [6.45, 7) is 7.47. The summed E-state index contributed by atoms with van der Waals surface area (Å²) in [5.74, 6) is -0.534. The molecule has 2 aromatic carbocycles. The molecule has 0 aliphatic carbocycles. The summed E-state index contributed by atoms with van der Waals surface area (Å²) >= 11 is 0. The van der Waals surface area contributed by atoms with Gasteiger partial charge in [-0.2, -0.15) is 0 Å². The number of carboxylic acid groups (broad SMARTS) is 1. The quantitative estimate of drug-likeness (QED) is 0.834. The van der Waals surface area contributed by atoms with Crippen LogP contribution >= 0.6 is 0 Å². The van der Waals surface area contributed by atoms with Crippen LogP contribution in [0.2, 0.25) is 0 Å². The lowest BCUT2D eigenvalue weighted by Gasteiger charge is -2.26. The molecule has 2 aliphatic heterocycles. The van der Waals surface area contributed by atoms with Crippen LogP contribution < -0.4 is 0 Å². The fourth-order valence-electron chi connectivity index (χ4n) is 4.38. The first-order chi connectivity index (χ1) is 13.7. The van der Waals surface area contributed by atoms with Gasteiger partial charge in [0.05, 0.1) is 18.8 Å². The topological polar surface area (TPSA) is 53.0 Å². The van der Waals surface area contributed by atoms with Crippen molar-refractivity contribution >= 4 is 5.97 Å². The van der Waals surface area contributed by atoms with Crippen molar-refractivity contribution in [2.24, 2.45) is 0 Å². The van der Waals surface area contributed by atoms with Gasteiger partial charge < -0.3 is 9.84 Å². The van der Waals surface area contributed by atoms with Crippen LogP contribution in [0.5, 0.6) is 0 Å². The van der Waals surface area contributed by atoms with Gasteiger partial charge in [0.15, 0.2) is 0 Å². The zero-order chi connectivity index (χ0) is 19.3. The zero-order valence-electron chi connectivity index (χ0n) is 16.2. The number of benzene rings is 2. The van der Waals surface area contributed by atoms with E-state index in [4.69, 9.17) is 4.74 Å². The lowest BCUT2D eigenvalue weighted by Crippen LogP contribution is -2.35. The number of hydrogen-bond acceptors (Lipinski definition) is 4. The molecule has 148 valence electrons. The lowest BCUT2D eigenvalue weighted by atomic mass is 9.93. The van der Waals surface area contributed by atoms with Crippen molar-refractivity contribution in [3.8, 4) is 0 Å². The third-order valence-corrected chi connectivity index (χ3v) is 5.81. The normalized spacial score (nSPS) is 21.1. The molecule has 2 aromatic rings. The van der Waals surface area contributed by atoms with E-state index >= 15 is 0 Å². The molecule has 0 bridgehead atoms. The minimum absolute atomic E-state index is 0.295. The summed E-state index contributed by atoms with van der Waals surface area (Å²) < 4.78 is 5.43. The molecule has 1 unspecified atom stereocenters. The Morgan fingerprint density at radius 3 is 2.43 bits per heavy atom. The largest absolute Gasteiger partial charge is 0.478 e. The molecule has 2 fully saturated rings. The molecule has 1 atom stereocenters. The highest BCUT2D eigenvalue weighted by Gasteiger charge is 2.27. The van der Waals surface area contributed by atoms with E-state index in [0.717, 1.165) is 64.5 Å². The summed E-state index contributed by atoms with van der Waals surface area (Å²) in [6.07, 6.45) is 1.01. The molecule has 0 aromatic heterocycles. The SMILES string of the molecule is O=C(O)c1ccccc1C1CCN(Cc2cccc(CN3CCOCC3)c2)C1. The molecule has 0 spiro atoms. The smallest absolute Gasteiger partial charge is 0.335 e. The predicted octanol–water partition coefficient (Wildman–Crippen LogP) is 3.21. The second kappa shape index (κ2) is 8.86. The van der Waals surface area contributed by atoms with Crippen molar-refractivity contribution in [1.29, 1.82) is 0 Å². The van der Waals surface area contributed by atoms with E-state index in [1.54, 1.807) is 12.1 Å². The molecule has 2 heterocycles. The fraction of sp³-hybridized carbons (Fsp3) is 0.435. The number of likely N-dealkylation sites (tertiary alicyclic amines) is 1. The second-order valence-electron chi connectivity index (χ2n) is 7.82. The number of carbonyl (C=O) groups is 1. The Hall–Kier alpha value is -2.21. The average molecular weight is 380 g/mol. The maximum atomic E-state index is 11.5. The van der Waals surface area contributed by atoms with Crippen molar-refractivity contribution in [1.82, 2.24) is 9.80 Å². The van der Waals surface area contributed by atoms with E-state index in [1.165, 1.54) is 11.1 Å². The van der Waals surface area contributed by atoms with Crippen molar-refractivity contribution in [3.05, 3.63) is 70.8 Å². The molecule has 28 heavy (non-hydrogen) atoms. The van der Waals surface area contributed by atoms with E-state index in [2.05, 4.69) is 34.1 Å². The number of carboxylic acids is 1. The highest BCUT2D eigenvalue weighted by Crippen LogP contribution is 2.30. The number of morpholine rings is 1. The average Bonchev–Trinajstić information content (AvgIpc) is 3.17. The van der Waals surface area contributed by atoms with Gasteiger partial charge in [-0.15, -0.1) is 0 Å². The molecule has 5 heteroatoms. The Labute approximate surface area is 166 Å². The van der Waals surface area contributed by atoms with E-state index in [-0.39, 0.29) is 0 Å². The second-order valence-corrected chi connectivity index (χ2v) is 7.82. The van der Waals surface area contributed by atoms with E-state index < -0.39 is 5.97 Å². The van der Waals surface area contributed by atoms with Gasteiger partial charge in [-0.05, 0) is 41.6 Å². The molecule has 5 nitrogen and oxygen atoms in total. The Morgan fingerprint density at radius 1 is 0.964 bits per heavy atom. The molecule has 0 saturated carbocycles. The molecule has 0 radical (unpaired) electrons. The van der Waals surface area contributed by atoms with Crippen LogP contribution in [0, 0.1) is 0 Å². The van der Waals surface area contributed by atoms with Crippen LogP contribution in [0.1, 0.15) is 39.4 Å². The molecule has 4 rings (SSSR count). The van der Waals surface area contributed by atoms with Crippen molar-refractivity contribution in [3.63, 3.8) is 0 Å². The summed E-state index contributed by atoms with van der Waals surface area (Å²) in [6, 6.07) is 16.3. The number of ether oxygens (including phenoxy) is 1. The molecular weight excluding hydrogens is 352 g/mol. The lowest BCUT2D eigenvalue weighted by molar-refractivity contribution is 0.0342. The first kappa shape index (κ1) is 19.1. The van der Waals surface area contributed by atoms with Gasteiger partial charge in [-0.3, -0.25) is 9.80 Å². The van der Waals surface area contributed by atoms with Gasteiger partial charge in [0, 0.05) is 32.7 Å². The van der Waals surface area contributed by atoms with Crippen LogP contribution in [0.4, 0.5) is 0 Å². The summed E-state index contributed by atoms with van der Waals surface area (Å²) in [7, 11) is 0. The van der Waals surface area contributed by atoms with Gasteiger partial charge in [0.25, 0.3) is 0 Å². The van der Waals surface area contributed by atoms with Crippen LogP contribution in [-0.2, 0) is 17.8 Å². The van der Waals surface area contributed by atoms with Crippen LogP contribution in [0.25, 0.3) is 0 Å². The van der Waals surface area contributed by atoms with Crippen molar-refractivity contribution in [2.75, 3.05) is 39.4 Å². The Balaban J connectivity index is 1.38. The van der Waals surface area contributed by atoms with Gasteiger partial charge >= 0.3 is 5.97 Å². The Bertz CT molecular complexity index is 817. The third kappa shape index (κ3) is 4.61. The first-order valence-electron chi connectivity index (χ1n) is 10.1. The minimum atomic E-state index is -0.829. The van der Waals surface area contributed by atoms with Gasteiger partial charge in [-0.25, -0.2) is 4.79 Å². The maximum Gasteiger partial charge on any atom is 0.335 e. The molecule has 0 amide bonds. The highest BCUT2D eigenvalue weighted by atomic mass is 16.5. The van der Waals surface area contributed by atoms with Gasteiger partial charge in [0.2, 0.25) is 0 Å². The molecule has 1 N–H and O–H groups in total. The number of aromatic carboxylic acids is 1. The minimum Gasteiger partial charge on any atom is -0.478 e. The maximum absolute atomic E-state index is 11.5.